The molecule has 0 radical (unpaired) electrons. The third-order valence-electron chi connectivity index (χ3n) is 4.11. The van der Waals surface area contributed by atoms with Gasteiger partial charge in [0, 0.05) is 16.6 Å². The van der Waals surface area contributed by atoms with Crippen LogP contribution >= 0.6 is 11.8 Å². The van der Waals surface area contributed by atoms with Gasteiger partial charge >= 0.3 is 5.97 Å². The number of carbonyl (C=O) groups excluding carboxylic acids is 2. The summed E-state index contributed by atoms with van der Waals surface area (Å²) in [5.74, 6) is 0.344. The monoisotopic (exact) mass is 410 g/mol. The SMILES string of the molecule is CCc1cccc(NC(=O)COC(=O)c2ccccc2SCc2cc(C)no2)c1. The van der Waals surface area contributed by atoms with Gasteiger partial charge in [0.15, 0.2) is 6.61 Å². The Kier molecular flexibility index (Phi) is 7.08. The molecule has 0 saturated carbocycles. The van der Waals surface area contributed by atoms with E-state index >= 15 is 0 Å². The molecule has 2 aromatic carbocycles. The molecule has 150 valence electrons. The molecule has 3 rings (SSSR count). The fraction of sp³-hybridized carbons (Fsp3) is 0.227. The Hall–Kier alpha value is -3.06. The summed E-state index contributed by atoms with van der Waals surface area (Å²) < 4.78 is 10.4. The van der Waals surface area contributed by atoms with Gasteiger partial charge in [0.05, 0.1) is 17.0 Å². The molecule has 1 N–H and O–H groups in total. The van der Waals surface area contributed by atoms with Gasteiger partial charge in [0.2, 0.25) is 0 Å². The largest absolute Gasteiger partial charge is 0.452 e. The average Bonchev–Trinajstić information content (AvgIpc) is 3.16. The van der Waals surface area contributed by atoms with Crippen LogP contribution in [0.15, 0.2) is 64.0 Å². The zero-order chi connectivity index (χ0) is 20.6. The molecule has 3 aromatic rings. The van der Waals surface area contributed by atoms with Crippen LogP contribution in [0.2, 0.25) is 0 Å². The number of thioether (sulfide) groups is 1. The molecule has 0 fully saturated rings. The summed E-state index contributed by atoms with van der Waals surface area (Å²) in [7, 11) is 0. The summed E-state index contributed by atoms with van der Waals surface area (Å²) in [6.07, 6.45) is 0.876. The number of nitrogens with one attached hydrogen (secondary N) is 1. The van der Waals surface area contributed by atoms with Crippen molar-refractivity contribution < 1.29 is 18.8 Å². The molecule has 0 saturated heterocycles. The number of rotatable bonds is 8. The van der Waals surface area contributed by atoms with Gasteiger partial charge in [-0.3, -0.25) is 4.79 Å². The topological polar surface area (TPSA) is 81.4 Å². The molecule has 0 aliphatic rings. The fourth-order valence-electron chi connectivity index (χ4n) is 2.67. The minimum absolute atomic E-state index is 0.352. The van der Waals surface area contributed by atoms with Gasteiger partial charge in [-0.15, -0.1) is 11.8 Å². The lowest BCUT2D eigenvalue weighted by Gasteiger charge is -2.10. The van der Waals surface area contributed by atoms with Crippen LogP contribution < -0.4 is 5.32 Å². The molecule has 0 bridgehead atoms. The highest BCUT2D eigenvalue weighted by molar-refractivity contribution is 7.98. The van der Waals surface area contributed by atoms with E-state index in [4.69, 9.17) is 9.26 Å². The van der Waals surface area contributed by atoms with Crippen LogP contribution in [-0.2, 0) is 21.7 Å². The highest BCUT2D eigenvalue weighted by Crippen LogP contribution is 2.27. The fourth-order valence-corrected chi connectivity index (χ4v) is 3.58. The molecule has 0 atom stereocenters. The number of aryl methyl sites for hydroxylation is 2. The third-order valence-corrected chi connectivity index (χ3v) is 5.20. The van der Waals surface area contributed by atoms with Crippen LogP contribution in [0.25, 0.3) is 0 Å². The number of anilines is 1. The molecule has 6 nitrogen and oxygen atoms in total. The Balaban J connectivity index is 1.56. The quantitative estimate of drug-likeness (QED) is 0.431. The maximum Gasteiger partial charge on any atom is 0.339 e. The highest BCUT2D eigenvalue weighted by Gasteiger charge is 2.15. The van der Waals surface area contributed by atoms with E-state index < -0.39 is 5.97 Å². The lowest BCUT2D eigenvalue weighted by atomic mass is 10.1. The van der Waals surface area contributed by atoms with Crippen LogP contribution in [0.3, 0.4) is 0 Å². The molecule has 1 aromatic heterocycles. The second-order valence-corrected chi connectivity index (χ2v) is 7.41. The van der Waals surface area contributed by atoms with Crippen molar-refractivity contribution >= 4 is 29.3 Å². The normalized spacial score (nSPS) is 10.6. The van der Waals surface area contributed by atoms with Crippen molar-refractivity contribution in [2.24, 2.45) is 0 Å². The van der Waals surface area contributed by atoms with Crippen molar-refractivity contribution in [3.05, 3.63) is 77.2 Å². The molecular formula is C22H22N2O4S. The first-order chi connectivity index (χ1) is 14.0. The Morgan fingerprint density at radius 2 is 1.97 bits per heavy atom. The van der Waals surface area contributed by atoms with E-state index in [-0.39, 0.29) is 12.5 Å². The van der Waals surface area contributed by atoms with Crippen LogP contribution in [0, 0.1) is 6.92 Å². The standard InChI is InChI=1S/C22H22N2O4S/c1-3-16-7-6-8-17(12-16)23-21(25)13-27-22(26)19-9-4-5-10-20(19)29-14-18-11-15(2)24-28-18/h4-12H,3,13-14H2,1-2H3,(H,23,25). The number of nitrogens with zero attached hydrogens (tertiary/aromatic N) is 1. The summed E-state index contributed by atoms with van der Waals surface area (Å²) in [6, 6.07) is 16.5. The van der Waals surface area contributed by atoms with Gasteiger partial charge in [0.25, 0.3) is 5.91 Å². The summed E-state index contributed by atoms with van der Waals surface area (Å²) >= 11 is 1.45. The minimum Gasteiger partial charge on any atom is -0.452 e. The van der Waals surface area contributed by atoms with Crippen molar-refractivity contribution in [1.29, 1.82) is 0 Å². The average molecular weight is 410 g/mol. The van der Waals surface area contributed by atoms with E-state index in [0.717, 1.165) is 28.3 Å². The molecule has 0 unspecified atom stereocenters. The van der Waals surface area contributed by atoms with Crippen molar-refractivity contribution in [3.63, 3.8) is 0 Å². The number of esters is 1. The minimum atomic E-state index is -0.542. The maximum atomic E-state index is 12.5. The first-order valence-corrected chi connectivity index (χ1v) is 10.2. The van der Waals surface area contributed by atoms with Gasteiger partial charge in [-0.1, -0.05) is 36.3 Å². The summed E-state index contributed by atoms with van der Waals surface area (Å²) in [5, 5.41) is 6.60. The maximum absolute atomic E-state index is 12.5. The van der Waals surface area contributed by atoms with Crippen LogP contribution in [0.5, 0.6) is 0 Å². The lowest BCUT2D eigenvalue weighted by molar-refractivity contribution is -0.119. The van der Waals surface area contributed by atoms with E-state index in [1.807, 2.05) is 50.2 Å². The summed E-state index contributed by atoms with van der Waals surface area (Å²) in [6.45, 7) is 3.55. The Labute approximate surface area is 173 Å². The number of benzene rings is 2. The summed E-state index contributed by atoms with van der Waals surface area (Å²) in [4.78, 5) is 25.4. The van der Waals surface area contributed by atoms with E-state index in [9.17, 15) is 9.59 Å². The second kappa shape index (κ2) is 9.93. The van der Waals surface area contributed by atoms with Crippen molar-refractivity contribution in [2.75, 3.05) is 11.9 Å². The Morgan fingerprint density at radius 1 is 1.14 bits per heavy atom. The van der Waals surface area contributed by atoms with Gasteiger partial charge in [-0.05, 0) is 43.2 Å². The van der Waals surface area contributed by atoms with E-state index in [1.54, 1.807) is 18.2 Å². The molecule has 7 heteroatoms. The van der Waals surface area contributed by atoms with Crippen molar-refractivity contribution in [2.45, 2.75) is 30.9 Å². The molecule has 1 heterocycles. The molecule has 0 spiro atoms. The number of ether oxygens (including phenoxy) is 1. The number of aromatic nitrogens is 1. The smallest absolute Gasteiger partial charge is 0.339 e. The zero-order valence-corrected chi connectivity index (χ0v) is 17.1. The van der Waals surface area contributed by atoms with Gasteiger partial charge in [-0.25, -0.2) is 4.79 Å². The van der Waals surface area contributed by atoms with Crippen LogP contribution in [0.4, 0.5) is 5.69 Å². The number of hydrogen-bond acceptors (Lipinski definition) is 6. The number of carbonyl (C=O) groups is 2. The van der Waals surface area contributed by atoms with Crippen LogP contribution in [-0.4, -0.2) is 23.6 Å². The predicted molar refractivity (Wildman–Crippen MR) is 112 cm³/mol. The first kappa shape index (κ1) is 20.7. The van der Waals surface area contributed by atoms with E-state index in [1.165, 1.54) is 11.8 Å². The van der Waals surface area contributed by atoms with Gasteiger partial charge < -0.3 is 14.6 Å². The predicted octanol–water partition coefficient (Wildman–Crippen LogP) is 4.63. The molecule has 29 heavy (non-hydrogen) atoms. The zero-order valence-electron chi connectivity index (χ0n) is 16.3. The molecular weight excluding hydrogens is 388 g/mol. The molecule has 0 aliphatic carbocycles. The highest BCUT2D eigenvalue weighted by atomic mass is 32.2. The second-order valence-electron chi connectivity index (χ2n) is 6.40. The van der Waals surface area contributed by atoms with Gasteiger partial charge in [0.1, 0.15) is 5.76 Å². The van der Waals surface area contributed by atoms with Crippen molar-refractivity contribution in [1.82, 2.24) is 5.16 Å². The summed E-state index contributed by atoms with van der Waals surface area (Å²) in [5.41, 5.74) is 3.02. The molecule has 0 aliphatic heterocycles. The van der Waals surface area contributed by atoms with E-state index in [2.05, 4.69) is 10.5 Å². The number of hydrogen-bond donors (Lipinski definition) is 1. The Bertz CT molecular complexity index is 1000. The van der Waals surface area contributed by atoms with Crippen LogP contribution in [0.1, 0.15) is 34.3 Å². The molecule has 1 amide bonds. The van der Waals surface area contributed by atoms with Gasteiger partial charge in [-0.2, -0.15) is 0 Å². The number of amides is 1. The lowest BCUT2D eigenvalue weighted by Crippen LogP contribution is -2.21. The first-order valence-electron chi connectivity index (χ1n) is 9.25. The van der Waals surface area contributed by atoms with E-state index in [0.29, 0.717) is 17.0 Å². The Morgan fingerprint density at radius 3 is 2.72 bits per heavy atom. The third kappa shape index (κ3) is 5.96. The van der Waals surface area contributed by atoms with Crippen molar-refractivity contribution in [3.8, 4) is 0 Å².